The molecule has 1 aliphatic heterocycles. The molecular weight excluding hydrogens is 268 g/mol. The maximum Gasteiger partial charge on any atom is 0.335 e. The number of carboxylic acids is 1. The molecule has 0 aromatic heterocycles. The van der Waals surface area contributed by atoms with Crippen molar-refractivity contribution in [2.75, 3.05) is 0 Å². The molecule has 0 unspecified atom stereocenters. The van der Waals surface area contributed by atoms with Gasteiger partial charge in [0.1, 0.15) is 24.1 Å². The highest BCUT2D eigenvalue weighted by atomic mass is 16.7. The van der Waals surface area contributed by atoms with Gasteiger partial charge < -0.3 is 29.9 Å². The van der Waals surface area contributed by atoms with Gasteiger partial charge in [0.2, 0.25) is 6.29 Å². The van der Waals surface area contributed by atoms with Crippen molar-refractivity contribution in [2.24, 2.45) is 0 Å². The molecule has 2 rings (SSSR count). The topological polar surface area (TPSA) is 116 Å². The predicted octanol–water partition coefficient (Wildman–Crippen LogP) is -0.734. The van der Waals surface area contributed by atoms with E-state index in [0.717, 1.165) is 5.56 Å². The first-order chi connectivity index (χ1) is 9.41. The van der Waals surface area contributed by atoms with E-state index in [1.165, 1.54) is 0 Å². The molecule has 1 aromatic carbocycles. The van der Waals surface area contributed by atoms with Crippen molar-refractivity contribution >= 4 is 5.97 Å². The number of aliphatic hydroxyl groups excluding tert-OH is 3. The number of rotatable bonds is 3. The number of carbonyl (C=O) groups is 1. The smallest absolute Gasteiger partial charge is 0.335 e. The predicted molar refractivity (Wildman–Crippen MR) is 66.1 cm³/mol. The van der Waals surface area contributed by atoms with Crippen LogP contribution in [0.5, 0.6) is 5.75 Å². The SMILES string of the molecule is Cc1ccccc1O[C@H]1O[C@@H](C(=O)O)[C@H](O)[C@@H](O)[C@H]1O. The number of para-hydroxylation sites is 1. The second-order valence-electron chi connectivity index (χ2n) is 4.62. The molecule has 1 aliphatic rings. The molecular formula is C13H16O7. The minimum Gasteiger partial charge on any atom is -0.479 e. The molecule has 110 valence electrons. The summed E-state index contributed by atoms with van der Waals surface area (Å²) in [6, 6.07) is 6.89. The Bertz CT molecular complexity index is 489. The lowest BCUT2D eigenvalue weighted by Crippen LogP contribution is -2.61. The number of aryl methyl sites for hydroxylation is 1. The Labute approximate surface area is 115 Å². The van der Waals surface area contributed by atoms with Gasteiger partial charge in [-0.05, 0) is 18.6 Å². The average molecular weight is 284 g/mol. The summed E-state index contributed by atoms with van der Waals surface area (Å²) in [5.74, 6) is -1.05. The molecule has 0 saturated carbocycles. The van der Waals surface area contributed by atoms with Gasteiger partial charge in [-0.3, -0.25) is 0 Å². The van der Waals surface area contributed by atoms with Gasteiger partial charge in [0, 0.05) is 0 Å². The summed E-state index contributed by atoms with van der Waals surface area (Å²) in [5, 5.41) is 37.9. The largest absolute Gasteiger partial charge is 0.479 e. The van der Waals surface area contributed by atoms with Gasteiger partial charge in [-0.15, -0.1) is 0 Å². The van der Waals surface area contributed by atoms with Crippen molar-refractivity contribution in [2.45, 2.75) is 37.6 Å². The van der Waals surface area contributed by atoms with E-state index in [1.54, 1.807) is 31.2 Å². The third-order valence-corrected chi connectivity index (χ3v) is 3.15. The standard InChI is InChI=1S/C13H16O7/c1-6-4-2-3-5-7(6)19-13-10(16)8(14)9(15)11(20-13)12(17)18/h2-5,8-11,13-16H,1H3,(H,17,18)/t8-,9-,10-,11-,13+/m1/s1. The van der Waals surface area contributed by atoms with Crippen LogP contribution in [0.2, 0.25) is 0 Å². The maximum absolute atomic E-state index is 10.9. The molecule has 1 aromatic rings. The minimum absolute atomic E-state index is 0.393. The first-order valence-electron chi connectivity index (χ1n) is 6.06. The summed E-state index contributed by atoms with van der Waals surface area (Å²) < 4.78 is 10.4. The molecule has 5 atom stereocenters. The zero-order chi connectivity index (χ0) is 14.9. The first-order valence-corrected chi connectivity index (χ1v) is 6.06. The molecule has 4 N–H and O–H groups in total. The lowest BCUT2D eigenvalue weighted by atomic mass is 9.99. The summed E-state index contributed by atoms with van der Waals surface area (Å²) in [6.07, 6.45) is -7.99. The van der Waals surface area contributed by atoms with Crippen molar-refractivity contribution < 1.29 is 34.7 Å². The Hall–Kier alpha value is -1.67. The Morgan fingerprint density at radius 2 is 1.80 bits per heavy atom. The van der Waals surface area contributed by atoms with Crippen molar-refractivity contribution in [3.05, 3.63) is 29.8 Å². The lowest BCUT2D eigenvalue weighted by Gasteiger charge is -2.38. The van der Waals surface area contributed by atoms with Gasteiger partial charge in [0.05, 0.1) is 0 Å². The molecule has 1 heterocycles. The summed E-state index contributed by atoms with van der Waals surface area (Å²) >= 11 is 0. The molecule has 1 fully saturated rings. The quantitative estimate of drug-likeness (QED) is 0.578. The van der Waals surface area contributed by atoms with Crippen LogP contribution in [0.1, 0.15) is 5.56 Å². The second kappa shape index (κ2) is 5.76. The van der Waals surface area contributed by atoms with Crippen LogP contribution in [0, 0.1) is 6.92 Å². The molecule has 0 radical (unpaired) electrons. The number of aliphatic hydroxyl groups is 3. The van der Waals surface area contributed by atoms with Crippen LogP contribution >= 0.6 is 0 Å². The Kier molecular flexibility index (Phi) is 4.24. The Morgan fingerprint density at radius 3 is 2.40 bits per heavy atom. The van der Waals surface area contributed by atoms with E-state index in [4.69, 9.17) is 14.6 Å². The number of hydrogen-bond donors (Lipinski definition) is 4. The van der Waals surface area contributed by atoms with Gasteiger partial charge in [0.25, 0.3) is 0 Å². The number of hydrogen-bond acceptors (Lipinski definition) is 6. The van der Waals surface area contributed by atoms with Crippen molar-refractivity contribution in [1.82, 2.24) is 0 Å². The normalized spacial score (nSPS) is 33.7. The van der Waals surface area contributed by atoms with Gasteiger partial charge in [-0.1, -0.05) is 18.2 Å². The van der Waals surface area contributed by atoms with E-state index in [-0.39, 0.29) is 0 Å². The first kappa shape index (κ1) is 14.7. The van der Waals surface area contributed by atoms with Crippen molar-refractivity contribution in [3.8, 4) is 5.75 Å². The maximum atomic E-state index is 10.9. The summed E-state index contributed by atoms with van der Waals surface area (Å²) in [4.78, 5) is 10.9. The van der Waals surface area contributed by atoms with Crippen molar-refractivity contribution in [1.29, 1.82) is 0 Å². The Balaban J connectivity index is 2.18. The molecule has 0 bridgehead atoms. The van der Waals surface area contributed by atoms with E-state index in [1.807, 2.05) is 0 Å². The van der Waals surface area contributed by atoms with Crippen LogP contribution in [0.15, 0.2) is 24.3 Å². The zero-order valence-corrected chi connectivity index (χ0v) is 10.7. The van der Waals surface area contributed by atoms with E-state index >= 15 is 0 Å². The van der Waals surface area contributed by atoms with Gasteiger partial charge in [-0.2, -0.15) is 0 Å². The molecule has 20 heavy (non-hydrogen) atoms. The number of aliphatic carboxylic acids is 1. The highest BCUT2D eigenvalue weighted by Crippen LogP contribution is 2.26. The van der Waals surface area contributed by atoms with Crippen LogP contribution in [-0.2, 0) is 9.53 Å². The molecule has 7 heteroatoms. The lowest BCUT2D eigenvalue weighted by molar-refractivity contribution is -0.271. The van der Waals surface area contributed by atoms with Crippen LogP contribution in [0.25, 0.3) is 0 Å². The van der Waals surface area contributed by atoms with E-state index in [9.17, 15) is 20.1 Å². The Morgan fingerprint density at radius 1 is 1.15 bits per heavy atom. The van der Waals surface area contributed by atoms with Crippen LogP contribution in [0.4, 0.5) is 0 Å². The fraction of sp³-hybridized carbons (Fsp3) is 0.462. The van der Waals surface area contributed by atoms with Crippen LogP contribution in [0.3, 0.4) is 0 Å². The zero-order valence-electron chi connectivity index (χ0n) is 10.7. The monoisotopic (exact) mass is 284 g/mol. The summed E-state index contributed by atoms with van der Waals surface area (Å²) in [7, 11) is 0. The molecule has 7 nitrogen and oxygen atoms in total. The summed E-state index contributed by atoms with van der Waals surface area (Å²) in [5.41, 5.74) is 0.760. The van der Waals surface area contributed by atoms with Gasteiger partial charge in [-0.25, -0.2) is 4.79 Å². The van der Waals surface area contributed by atoms with Gasteiger partial charge in [0.15, 0.2) is 6.10 Å². The minimum atomic E-state index is -1.72. The molecule has 0 aliphatic carbocycles. The molecule has 1 saturated heterocycles. The van der Waals surface area contributed by atoms with E-state index in [2.05, 4.69) is 0 Å². The van der Waals surface area contributed by atoms with E-state index < -0.39 is 36.7 Å². The van der Waals surface area contributed by atoms with E-state index in [0.29, 0.717) is 5.75 Å². The fourth-order valence-electron chi connectivity index (χ4n) is 1.96. The molecule has 0 amide bonds. The van der Waals surface area contributed by atoms with Crippen LogP contribution < -0.4 is 4.74 Å². The fourth-order valence-corrected chi connectivity index (χ4v) is 1.96. The number of ether oxygens (including phenoxy) is 2. The number of carboxylic acid groups (broad SMARTS) is 1. The highest BCUT2D eigenvalue weighted by Gasteiger charge is 2.48. The van der Waals surface area contributed by atoms with Crippen LogP contribution in [-0.4, -0.2) is 57.1 Å². The summed E-state index contributed by atoms with van der Waals surface area (Å²) in [6.45, 7) is 1.77. The van der Waals surface area contributed by atoms with Gasteiger partial charge >= 0.3 is 5.97 Å². The third-order valence-electron chi connectivity index (χ3n) is 3.15. The second-order valence-corrected chi connectivity index (χ2v) is 4.62. The molecule has 0 spiro atoms. The average Bonchev–Trinajstić information content (AvgIpc) is 2.41. The number of benzene rings is 1. The third kappa shape index (κ3) is 2.75. The van der Waals surface area contributed by atoms with Crippen molar-refractivity contribution in [3.63, 3.8) is 0 Å². The highest BCUT2D eigenvalue weighted by molar-refractivity contribution is 5.73.